The van der Waals surface area contributed by atoms with Crippen LogP contribution in [-0.2, 0) is 19.3 Å². The molecule has 8 nitrogen and oxygen atoms in total. The fourth-order valence-electron chi connectivity index (χ4n) is 4.38. The number of nitrogens with one attached hydrogen (secondary N) is 1. The third-order valence-electron chi connectivity index (χ3n) is 6.17. The average Bonchev–Trinajstić information content (AvgIpc) is 3.53. The average molecular weight is 496 g/mol. The quantitative estimate of drug-likeness (QED) is 0.419. The summed E-state index contributed by atoms with van der Waals surface area (Å²) < 4.78 is 42.3. The third-order valence-corrected chi connectivity index (χ3v) is 6.17. The second kappa shape index (κ2) is 9.48. The third kappa shape index (κ3) is 4.95. The van der Waals surface area contributed by atoms with Gasteiger partial charge in [-0.2, -0.15) is 18.3 Å². The van der Waals surface area contributed by atoms with Gasteiger partial charge >= 0.3 is 6.18 Å². The molecule has 1 fully saturated rings. The molecule has 4 aromatic rings. The fourth-order valence-corrected chi connectivity index (χ4v) is 4.38. The molecule has 0 spiro atoms. The highest BCUT2D eigenvalue weighted by Gasteiger charge is 2.39. The molecule has 0 radical (unpaired) electrons. The van der Waals surface area contributed by atoms with Crippen molar-refractivity contribution in [3.05, 3.63) is 77.4 Å². The van der Waals surface area contributed by atoms with E-state index in [9.17, 15) is 18.0 Å². The number of nitrogens with zero attached hydrogens (tertiary/aromatic N) is 5. The molecule has 11 heteroatoms. The first-order valence-electron chi connectivity index (χ1n) is 11.5. The van der Waals surface area contributed by atoms with Gasteiger partial charge in [-0.05, 0) is 53.6 Å². The lowest BCUT2D eigenvalue weighted by atomic mass is 10.1. The van der Waals surface area contributed by atoms with Crippen LogP contribution in [0.3, 0.4) is 0 Å². The van der Waals surface area contributed by atoms with E-state index in [1.54, 1.807) is 36.7 Å². The monoisotopic (exact) mass is 495 g/mol. The van der Waals surface area contributed by atoms with E-state index < -0.39 is 23.3 Å². The number of aromatic nitrogens is 4. The van der Waals surface area contributed by atoms with Crippen LogP contribution in [0.15, 0.2) is 55.0 Å². The molecule has 5 rings (SSSR count). The summed E-state index contributed by atoms with van der Waals surface area (Å²) in [4.78, 5) is 23.3. The molecule has 186 valence electrons. The summed E-state index contributed by atoms with van der Waals surface area (Å²) in [5.74, 6) is 0.321. The van der Waals surface area contributed by atoms with Crippen molar-refractivity contribution in [2.75, 3.05) is 23.7 Å². The Hall–Kier alpha value is -4.15. The predicted molar refractivity (Wildman–Crippen MR) is 129 cm³/mol. The van der Waals surface area contributed by atoms with Crippen LogP contribution in [0.4, 0.5) is 24.8 Å². The first kappa shape index (κ1) is 23.6. The van der Waals surface area contributed by atoms with Gasteiger partial charge in [0, 0.05) is 43.6 Å². The lowest BCUT2D eigenvalue weighted by Gasteiger charge is -2.16. The Labute approximate surface area is 204 Å². The highest BCUT2D eigenvalue weighted by Crippen LogP contribution is 2.31. The topological polar surface area (TPSA) is 102 Å². The number of amides is 1. The maximum atomic E-state index is 13.7. The van der Waals surface area contributed by atoms with E-state index in [1.165, 1.54) is 0 Å². The van der Waals surface area contributed by atoms with Gasteiger partial charge in [0.25, 0.3) is 5.91 Å². The van der Waals surface area contributed by atoms with Crippen LogP contribution in [0, 0.1) is 0 Å². The van der Waals surface area contributed by atoms with E-state index in [1.807, 2.05) is 12.1 Å². The van der Waals surface area contributed by atoms with Crippen molar-refractivity contribution in [1.29, 1.82) is 0 Å². The van der Waals surface area contributed by atoms with Gasteiger partial charge in [0.1, 0.15) is 11.6 Å². The summed E-state index contributed by atoms with van der Waals surface area (Å²) in [6, 6.07) is 10.7. The normalized spacial score (nSPS) is 13.9. The Morgan fingerprint density at radius 3 is 2.58 bits per heavy atom. The summed E-state index contributed by atoms with van der Waals surface area (Å²) in [7, 11) is 0. The second-order valence-electron chi connectivity index (χ2n) is 8.74. The molecule has 36 heavy (non-hydrogen) atoms. The number of hydrogen-bond donors (Lipinski definition) is 2. The largest absolute Gasteiger partial charge is 0.435 e. The van der Waals surface area contributed by atoms with Gasteiger partial charge in [-0.15, -0.1) is 0 Å². The minimum atomic E-state index is -4.77. The van der Waals surface area contributed by atoms with Gasteiger partial charge in [-0.3, -0.25) is 9.48 Å². The van der Waals surface area contributed by atoms with Gasteiger partial charge in [-0.1, -0.05) is 12.1 Å². The molecule has 4 heterocycles. The number of anilines is 2. The summed E-state index contributed by atoms with van der Waals surface area (Å²) in [6.07, 6.45) is 1.75. The minimum Gasteiger partial charge on any atom is -0.383 e. The highest BCUT2D eigenvalue weighted by atomic mass is 19.4. The molecule has 3 N–H and O–H groups in total. The number of halogens is 3. The van der Waals surface area contributed by atoms with E-state index in [0.29, 0.717) is 11.4 Å². The molecule has 3 aromatic heterocycles. The number of fused-ring (bicyclic) bond motifs is 1. The zero-order chi connectivity index (χ0) is 25.3. The number of hydrogen-bond acceptors (Lipinski definition) is 6. The van der Waals surface area contributed by atoms with Crippen molar-refractivity contribution in [2.45, 2.75) is 32.1 Å². The highest BCUT2D eigenvalue weighted by molar-refractivity contribution is 5.95. The van der Waals surface area contributed by atoms with Crippen molar-refractivity contribution < 1.29 is 18.0 Å². The van der Waals surface area contributed by atoms with Crippen molar-refractivity contribution in [1.82, 2.24) is 25.1 Å². The van der Waals surface area contributed by atoms with Crippen molar-refractivity contribution >= 4 is 28.3 Å². The Kier molecular flexibility index (Phi) is 6.21. The maximum Gasteiger partial charge on any atom is 0.435 e. The van der Waals surface area contributed by atoms with Crippen LogP contribution in [0.2, 0.25) is 0 Å². The molecule has 1 aromatic carbocycles. The summed E-state index contributed by atoms with van der Waals surface area (Å²) >= 11 is 0. The Morgan fingerprint density at radius 2 is 1.81 bits per heavy atom. The van der Waals surface area contributed by atoms with Gasteiger partial charge in [0.05, 0.1) is 12.1 Å². The molecule has 0 aliphatic carbocycles. The maximum absolute atomic E-state index is 13.7. The number of nitrogen functional groups attached to an aromatic ring is 1. The zero-order valence-corrected chi connectivity index (χ0v) is 19.3. The molecule has 1 aliphatic rings. The van der Waals surface area contributed by atoms with Crippen LogP contribution in [0.1, 0.15) is 40.0 Å². The molecule has 0 unspecified atom stereocenters. The number of alkyl halides is 3. The number of carbonyl (C=O) groups is 1. The van der Waals surface area contributed by atoms with Crippen LogP contribution in [0.25, 0.3) is 10.8 Å². The summed E-state index contributed by atoms with van der Waals surface area (Å²) in [5.41, 5.74) is 5.58. The van der Waals surface area contributed by atoms with Crippen LogP contribution >= 0.6 is 0 Å². The van der Waals surface area contributed by atoms with Gasteiger partial charge in [-0.25, -0.2) is 9.97 Å². The molecular weight excluding hydrogens is 471 g/mol. The van der Waals surface area contributed by atoms with Crippen LogP contribution < -0.4 is 16.0 Å². The van der Waals surface area contributed by atoms with Crippen molar-refractivity contribution in [3.63, 3.8) is 0 Å². The fraction of sp³-hybridized carbons (Fsp3) is 0.280. The Bertz CT molecular complexity index is 1410. The van der Waals surface area contributed by atoms with E-state index >= 15 is 0 Å². The molecule has 1 aliphatic heterocycles. The first-order chi connectivity index (χ1) is 17.3. The number of benzene rings is 1. The predicted octanol–water partition coefficient (Wildman–Crippen LogP) is 4.01. The number of pyridine rings is 2. The first-order valence-corrected chi connectivity index (χ1v) is 11.5. The molecular formula is C25H24F3N7O. The van der Waals surface area contributed by atoms with E-state index in [2.05, 4.69) is 25.3 Å². The zero-order valence-electron chi connectivity index (χ0n) is 19.3. The smallest absolute Gasteiger partial charge is 0.383 e. The summed E-state index contributed by atoms with van der Waals surface area (Å²) in [6.45, 7) is 1.94. The number of nitrogens with two attached hydrogens (primary N) is 1. The van der Waals surface area contributed by atoms with Crippen molar-refractivity contribution in [3.8, 4) is 0 Å². The Morgan fingerprint density at radius 1 is 1.03 bits per heavy atom. The van der Waals surface area contributed by atoms with Gasteiger partial charge in [0.15, 0.2) is 5.69 Å². The molecule has 0 bridgehead atoms. The second-order valence-corrected chi connectivity index (χ2v) is 8.74. The molecule has 0 atom stereocenters. The SMILES string of the molecule is Nc1nccc2cc(CNC(=O)c3cn(Cc4ccnc(N5CCCC5)c4)nc3C(F)(F)F)ccc12. The van der Waals surface area contributed by atoms with Crippen LogP contribution in [0.5, 0.6) is 0 Å². The minimum absolute atomic E-state index is 0.0447. The van der Waals surface area contributed by atoms with Crippen molar-refractivity contribution in [2.24, 2.45) is 0 Å². The van der Waals surface area contributed by atoms with E-state index in [4.69, 9.17) is 5.73 Å². The van der Waals surface area contributed by atoms with Crippen LogP contribution in [-0.4, -0.2) is 38.7 Å². The van der Waals surface area contributed by atoms with Gasteiger partial charge < -0.3 is 16.0 Å². The number of carbonyl (C=O) groups excluding carboxylic acids is 1. The molecule has 0 saturated carbocycles. The molecule has 1 saturated heterocycles. The standard InChI is InChI=1S/C25H24F3N7O/c26-25(27,28)22-20(24(36)32-13-16-3-4-19-18(11-16)6-8-31-23(19)29)15-35(33-22)14-17-5-7-30-21(12-17)34-9-1-2-10-34/h3-8,11-12,15H,1-2,9-10,13-14H2,(H2,29,31)(H,32,36). The molecule has 1 amide bonds. The number of rotatable bonds is 6. The van der Waals surface area contributed by atoms with Gasteiger partial charge in [0.2, 0.25) is 0 Å². The Balaban J connectivity index is 1.34. The van der Waals surface area contributed by atoms with E-state index in [0.717, 1.165) is 59.0 Å². The van der Waals surface area contributed by atoms with E-state index in [-0.39, 0.29) is 13.1 Å². The lowest BCUT2D eigenvalue weighted by Crippen LogP contribution is -2.25. The summed E-state index contributed by atoms with van der Waals surface area (Å²) in [5, 5.41) is 7.87. The lowest BCUT2D eigenvalue weighted by molar-refractivity contribution is -0.141.